The summed E-state index contributed by atoms with van der Waals surface area (Å²) in [5.41, 5.74) is 1.72. The van der Waals surface area contributed by atoms with Gasteiger partial charge in [0.25, 0.3) is 0 Å². The molecule has 0 fully saturated rings. The van der Waals surface area contributed by atoms with Crippen LogP contribution in [0.4, 0.5) is 0 Å². The third-order valence-electron chi connectivity index (χ3n) is 1.28. The second kappa shape index (κ2) is 2.06. The summed E-state index contributed by atoms with van der Waals surface area (Å²) < 4.78 is 0. The van der Waals surface area contributed by atoms with E-state index in [4.69, 9.17) is 0 Å². The molecule has 0 N–H and O–H groups in total. The Morgan fingerprint density at radius 3 is 1.90 bits per heavy atom. The number of rotatable bonds is 0. The van der Waals surface area contributed by atoms with Gasteiger partial charge in [0, 0.05) is 0 Å². The van der Waals surface area contributed by atoms with Gasteiger partial charge < -0.3 is 0 Å². The summed E-state index contributed by atoms with van der Waals surface area (Å²) >= 11 is 0. The predicted molar refractivity (Wildman–Crippen MR) is 37.2 cm³/mol. The standard InChI is InChI=1S/C8H4N2/c1-2-4-8-7(3-1)9-5-6-10-8/h1-4H. The molecule has 0 saturated heterocycles. The molecule has 2 heteroatoms. The van der Waals surface area contributed by atoms with Gasteiger partial charge in [0.1, 0.15) is 12.4 Å². The molecular weight excluding hydrogens is 124 g/mol. The highest BCUT2D eigenvalue weighted by Crippen LogP contribution is 2.03. The van der Waals surface area contributed by atoms with E-state index in [1.54, 1.807) is 0 Å². The van der Waals surface area contributed by atoms with Gasteiger partial charge in [0.05, 0.1) is 11.0 Å². The van der Waals surface area contributed by atoms with Crippen LogP contribution in [0.1, 0.15) is 0 Å². The number of nitrogens with zero attached hydrogens (tertiary/aromatic N) is 2. The van der Waals surface area contributed by atoms with Crippen molar-refractivity contribution in [2.24, 2.45) is 0 Å². The zero-order valence-electron chi connectivity index (χ0n) is 5.20. The highest BCUT2D eigenvalue weighted by atomic mass is 14.8. The molecule has 0 unspecified atom stereocenters. The highest BCUT2D eigenvalue weighted by molar-refractivity contribution is 5.72. The largest absolute Gasteiger partial charge is 0.242 e. The van der Waals surface area contributed by atoms with Gasteiger partial charge in [-0.3, -0.25) is 0 Å². The molecule has 10 heavy (non-hydrogen) atoms. The number of hydrogen-bond donors (Lipinski definition) is 0. The van der Waals surface area contributed by atoms with Crippen molar-refractivity contribution in [2.75, 3.05) is 0 Å². The summed E-state index contributed by atoms with van der Waals surface area (Å²) in [6.07, 6.45) is 5.10. The number of aromatic nitrogens is 2. The van der Waals surface area contributed by atoms with Gasteiger partial charge in [-0.05, 0) is 12.1 Å². The molecule has 0 aliphatic heterocycles. The van der Waals surface area contributed by atoms with E-state index in [0.29, 0.717) is 0 Å². The smallest absolute Gasteiger partial charge is 0.120 e. The van der Waals surface area contributed by atoms with Crippen LogP contribution >= 0.6 is 0 Å². The van der Waals surface area contributed by atoms with E-state index < -0.39 is 0 Å². The summed E-state index contributed by atoms with van der Waals surface area (Å²) in [4.78, 5) is 7.88. The molecule has 1 aromatic heterocycles. The Morgan fingerprint density at radius 2 is 1.40 bits per heavy atom. The van der Waals surface area contributed by atoms with E-state index in [-0.39, 0.29) is 0 Å². The fraction of sp³-hybridized carbons (Fsp3) is 0. The van der Waals surface area contributed by atoms with Crippen molar-refractivity contribution >= 4 is 11.0 Å². The second-order valence-corrected chi connectivity index (χ2v) is 1.94. The van der Waals surface area contributed by atoms with E-state index in [9.17, 15) is 0 Å². The van der Waals surface area contributed by atoms with Crippen LogP contribution in [0.15, 0.2) is 24.3 Å². The molecule has 0 bridgehead atoms. The van der Waals surface area contributed by atoms with Gasteiger partial charge in [-0.25, -0.2) is 9.97 Å². The van der Waals surface area contributed by atoms with Crippen LogP contribution in [0, 0.1) is 12.4 Å². The predicted octanol–water partition coefficient (Wildman–Crippen LogP) is 1.23. The molecule has 2 aromatic rings. The third-order valence-corrected chi connectivity index (χ3v) is 1.28. The van der Waals surface area contributed by atoms with E-state index in [2.05, 4.69) is 22.4 Å². The summed E-state index contributed by atoms with van der Waals surface area (Å²) in [5.74, 6) is 0. The van der Waals surface area contributed by atoms with Crippen molar-refractivity contribution in [3.63, 3.8) is 0 Å². The van der Waals surface area contributed by atoms with Crippen LogP contribution in [-0.4, -0.2) is 9.97 Å². The number of benzene rings is 1. The first-order valence-corrected chi connectivity index (χ1v) is 2.97. The van der Waals surface area contributed by atoms with Crippen molar-refractivity contribution in [3.05, 3.63) is 36.7 Å². The van der Waals surface area contributed by atoms with Gasteiger partial charge in [-0.15, -0.1) is 0 Å². The molecule has 0 spiro atoms. The molecule has 0 atom stereocenters. The zero-order chi connectivity index (χ0) is 6.81. The molecule has 46 valence electrons. The summed E-state index contributed by atoms with van der Waals surface area (Å²) in [7, 11) is 0. The summed E-state index contributed by atoms with van der Waals surface area (Å²) in [6.45, 7) is 0. The van der Waals surface area contributed by atoms with Crippen LogP contribution in [0.5, 0.6) is 0 Å². The molecular formula is C8H4N2. The Balaban J connectivity index is 2.89. The molecule has 0 aliphatic carbocycles. The Labute approximate surface area is 58.6 Å². The number of para-hydroxylation sites is 2. The minimum Gasteiger partial charge on any atom is -0.242 e. The maximum absolute atomic E-state index is 3.94. The van der Waals surface area contributed by atoms with Crippen molar-refractivity contribution in [2.45, 2.75) is 0 Å². The van der Waals surface area contributed by atoms with Crippen LogP contribution < -0.4 is 0 Å². The monoisotopic (exact) mass is 128 g/mol. The van der Waals surface area contributed by atoms with Gasteiger partial charge >= 0.3 is 0 Å². The fourth-order valence-corrected chi connectivity index (χ4v) is 0.824. The highest BCUT2D eigenvalue weighted by Gasteiger charge is 1.89. The van der Waals surface area contributed by atoms with E-state index in [0.717, 1.165) is 11.0 Å². The lowest BCUT2D eigenvalue weighted by molar-refractivity contribution is 1.27. The van der Waals surface area contributed by atoms with Gasteiger partial charge in [-0.2, -0.15) is 0 Å². The van der Waals surface area contributed by atoms with Gasteiger partial charge in [0.15, 0.2) is 0 Å². The average Bonchev–Trinajstić information content (AvgIpc) is 2.05. The molecule has 2 rings (SSSR count). The Morgan fingerprint density at radius 1 is 0.900 bits per heavy atom. The van der Waals surface area contributed by atoms with Crippen molar-refractivity contribution in [1.29, 1.82) is 0 Å². The Bertz CT molecular complexity index is 278. The Hall–Kier alpha value is -1.44. The number of hydrogen-bond acceptors (Lipinski definition) is 2. The van der Waals surface area contributed by atoms with E-state index in [1.807, 2.05) is 24.3 Å². The van der Waals surface area contributed by atoms with Crippen molar-refractivity contribution < 1.29 is 0 Å². The second-order valence-electron chi connectivity index (χ2n) is 1.94. The summed E-state index contributed by atoms with van der Waals surface area (Å²) in [5, 5.41) is 0. The van der Waals surface area contributed by atoms with E-state index >= 15 is 0 Å². The topological polar surface area (TPSA) is 25.8 Å². The first kappa shape index (κ1) is 5.35. The lowest BCUT2D eigenvalue weighted by atomic mass is 10.3. The Kier molecular flexibility index (Phi) is 1.10. The normalized spacial score (nSPS) is 10.0. The van der Waals surface area contributed by atoms with E-state index in [1.165, 1.54) is 0 Å². The number of fused-ring (bicyclic) bond motifs is 1. The maximum Gasteiger partial charge on any atom is 0.120 e. The lowest BCUT2D eigenvalue weighted by Crippen LogP contribution is -1.80. The van der Waals surface area contributed by atoms with Gasteiger partial charge in [0.2, 0.25) is 0 Å². The maximum atomic E-state index is 3.94. The summed E-state index contributed by atoms with van der Waals surface area (Å²) in [6, 6.07) is 7.63. The fourth-order valence-electron chi connectivity index (χ4n) is 0.824. The minimum atomic E-state index is 0.862. The zero-order valence-corrected chi connectivity index (χ0v) is 5.20. The molecule has 0 saturated carbocycles. The molecule has 0 aliphatic rings. The molecule has 1 aromatic carbocycles. The first-order valence-electron chi connectivity index (χ1n) is 2.97. The molecule has 2 nitrogen and oxygen atoms in total. The van der Waals surface area contributed by atoms with Crippen LogP contribution in [0.2, 0.25) is 0 Å². The van der Waals surface area contributed by atoms with Crippen molar-refractivity contribution in [3.8, 4) is 0 Å². The average molecular weight is 128 g/mol. The molecule has 2 radical (unpaired) electrons. The SMILES string of the molecule is [c]1[c]nc2ccccc2n1. The molecule has 0 amide bonds. The van der Waals surface area contributed by atoms with Crippen LogP contribution in [-0.2, 0) is 0 Å². The third kappa shape index (κ3) is 0.739. The molecule has 1 heterocycles. The first-order chi connectivity index (χ1) is 4.97. The quantitative estimate of drug-likeness (QED) is 0.533. The van der Waals surface area contributed by atoms with Crippen molar-refractivity contribution in [1.82, 2.24) is 9.97 Å². The van der Waals surface area contributed by atoms with Gasteiger partial charge in [-0.1, -0.05) is 12.1 Å². The lowest BCUT2D eigenvalue weighted by Gasteiger charge is -1.89. The van der Waals surface area contributed by atoms with Crippen LogP contribution in [0.3, 0.4) is 0 Å². The minimum absolute atomic E-state index is 0.862. The van der Waals surface area contributed by atoms with Crippen LogP contribution in [0.25, 0.3) is 11.0 Å².